The molecule has 2 aromatic carbocycles. The number of aryl methyl sites for hydroxylation is 2. The molecule has 2 heterocycles. The van der Waals surface area contributed by atoms with Crippen molar-refractivity contribution in [3.8, 4) is 11.3 Å². The number of nitrogens with one attached hydrogen (secondary N) is 1. The third kappa shape index (κ3) is 6.22. The Morgan fingerprint density at radius 3 is 2.45 bits per heavy atom. The lowest BCUT2D eigenvalue weighted by Gasteiger charge is -2.15. The van der Waals surface area contributed by atoms with Crippen LogP contribution in [0.4, 0.5) is 4.39 Å². The standard InChI is InChI=1S/C20H20FN3.CH4O3S/c21-17-8-6-16(7-9-17)20-18-14-22-12-10-19(18)24(23-20)13-11-15-4-2-1-3-5-15;1-5(2,3)4/h1-9,22H,10-14H2;1H3,(H,2,3,4). The largest absolute Gasteiger partial charge is 0.312 e. The van der Waals surface area contributed by atoms with Gasteiger partial charge in [0.25, 0.3) is 10.1 Å². The lowest BCUT2D eigenvalue weighted by Crippen LogP contribution is -2.25. The van der Waals surface area contributed by atoms with Crippen LogP contribution < -0.4 is 5.32 Å². The highest BCUT2D eigenvalue weighted by Gasteiger charge is 2.21. The van der Waals surface area contributed by atoms with Gasteiger partial charge in [0.15, 0.2) is 0 Å². The summed E-state index contributed by atoms with van der Waals surface area (Å²) in [6, 6.07) is 17.1. The minimum Gasteiger partial charge on any atom is -0.312 e. The van der Waals surface area contributed by atoms with Crippen LogP contribution >= 0.6 is 0 Å². The lowest BCUT2D eigenvalue weighted by atomic mass is 10.0. The normalized spacial score (nSPS) is 13.3. The van der Waals surface area contributed by atoms with Crippen molar-refractivity contribution in [1.82, 2.24) is 15.1 Å². The summed E-state index contributed by atoms with van der Waals surface area (Å²) in [4.78, 5) is 0. The second-order valence-electron chi connectivity index (χ2n) is 6.90. The fourth-order valence-electron chi connectivity index (χ4n) is 3.32. The van der Waals surface area contributed by atoms with E-state index in [9.17, 15) is 12.8 Å². The van der Waals surface area contributed by atoms with E-state index in [-0.39, 0.29) is 5.82 Å². The Balaban J connectivity index is 0.000000431. The van der Waals surface area contributed by atoms with E-state index in [2.05, 4.69) is 34.3 Å². The summed E-state index contributed by atoms with van der Waals surface area (Å²) in [5, 5.41) is 8.28. The number of aromatic nitrogens is 2. The molecule has 0 spiro atoms. The molecule has 0 amide bonds. The molecule has 0 saturated heterocycles. The molecular weight excluding hydrogens is 393 g/mol. The van der Waals surface area contributed by atoms with Crippen molar-refractivity contribution in [2.24, 2.45) is 0 Å². The molecule has 1 aromatic heterocycles. The molecular formula is C21H24FN3O3S. The van der Waals surface area contributed by atoms with E-state index in [0.29, 0.717) is 6.26 Å². The number of nitrogens with zero attached hydrogens (tertiary/aromatic N) is 2. The Hall–Kier alpha value is -2.55. The number of fused-ring (bicyclic) bond motifs is 1. The van der Waals surface area contributed by atoms with Crippen molar-refractivity contribution in [2.45, 2.75) is 25.9 Å². The first-order valence-corrected chi connectivity index (χ1v) is 11.2. The topological polar surface area (TPSA) is 84.2 Å². The highest BCUT2D eigenvalue weighted by atomic mass is 32.2. The van der Waals surface area contributed by atoms with Gasteiger partial charge in [0.2, 0.25) is 0 Å². The Morgan fingerprint density at radius 1 is 1.14 bits per heavy atom. The third-order valence-corrected chi connectivity index (χ3v) is 4.58. The van der Waals surface area contributed by atoms with Crippen LogP contribution in [0.2, 0.25) is 0 Å². The second-order valence-corrected chi connectivity index (χ2v) is 8.37. The average Bonchev–Trinajstić information content (AvgIpc) is 3.05. The van der Waals surface area contributed by atoms with Crippen molar-refractivity contribution < 1.29 is 17.4 Å². The van der Waals surface area contributed by atoms with Gasteiger partial charge in [-0.15, -0.1) is 0 Å². The molecule has 0 fully saturated rings. The molecule has 1 aliphatic rings. The molecule has 0 aliphatic carbocycles. The van der Waals surface area contributed by atoms with E-state index < -0.39 is 10.1 Å². The van der Waals surface area contributed by atoms with E-state index in [0.717, 1.165) is 43.7 Å². The quantitative estimate of drug-likeness (QED) is 0.638. The molecule has 3 aromatic rings. The summed E-state index contributed by atoms with van der Waals surface area (Å²) >= 11 is 0. The molecule has 0 saturated carbocycles. The number of hydrogen-bond donors (Lipinski definition) is 2. The number of rotatable bonds is 4. The van der Waals surface area contributed by atoms with Crippen LogP contribution in [0, 0.1) is 5.82 Å². The van der Waals surface area contributed by atoms with E-state index in [1.165, 1.54) is 29.0 Å². The number of benzene rings is 2. The van der Waals surface area contributed by atoms with Crippen LogP contribution in [0.1, 0.15) is 16.8 Å². The highest BCUT2D eigenvalue weighted by molar-refractivity contribution is 7.85. The van der Waals surface area contributed by atoms with Crippen LogP contribution in [0.5, 0.6) is 0 Å². The van der Waals surface area contributed by atoms with Gasteiger partial charge in [-0.05, 0) is 36.2 Å². The molecule has 154 valence electrons. The van der Waals surface area contributed by atoms with Crippen molar-refractivity contribution >= 4 is 10.1 Å². The fraction of sp³-hybridized carbons (Fsp3) is 0.286. The number of halogens is 1. The maximum Gasteiger partial charge on any atom is 0.261 e. The Morgan fingerprint density at radius 2 is 1.79 bits per heavy atom. The van der Waals surface area contributed by atoms with E-state index in [1.807, 2.05) is 18.2 Å². The summed E-state index contributed by atoms with van der Waals surface area (Å²) in [6.45, 7) is 2.67. The Labute approximate surface area is 170 Å². The van der Waals surface area contributed by atoms with Crippen LogP contribution in [0.15, 0.2) is 54.6 Å². The zero-order valence-electron chi connectivity index (χ0n) is 16.2. The van der Waals surface area contributed by atoms with Crippen LogP contribution in [0.3, 0.4) is 0 Å². The smallest absolute Gasteiger partial charge is 0.261 e. The molecule has 8 heteroatoms. The Bertz CT molecular complexity index is 1040. The molecule has 2 N–H and O–H groups in total. The Kier molecular flexibility index (Phi) is 6.79. The van der Waals surface area contributed by atoms with Gasteiger partial charge in [0.1, 0.15) is 5.82 Å². The minimum absolute atomic E-state index is 0.214. The van der Waals surface area contributed by atoms with Gasteiger partial charge in [-0.2, -0.15) is 13.5 Å². The SMILES string of the molecule is CS(=O)(=O)O.Fc1ccc(-c2nn(CCc3ccccc3)c3c2CNCC3)cc1. The van der Waals surface area contributed by atoms with Crippen molar-refractivity contribution in [1.29, 1.82) is 0 Å². The van der Waals surface area contributed by atoms with Crippen molar-refractivity contribution in [2.75, 3.05) is 12.8 Å². The highest BCUT2D eigenvalue weighted by Crippen LogP contribution is 2.28. The fourth-order valence-corrected chi connectivity index (χ4v) is 3.32. The summed E-state index contributed by atoms with van der Waals surface area (Å²) in [5.41, 5.74) is 5.84. The van der Waals surface area contributed by atoms with Crippen molar-refractivity contribution in [3.63, 3.8) is 0 Å². The number of hydrogen-bond acceptors (Lipinski definition) is 4. The van der Waals surface area contributed by atoms with Crippen molar-refractivity contribution in [3.05, 3.63) is 77.2 Å². The van der Waals surface area contributed by atoms with Gasteiger partial charge in [0.05, 0.1) is 11.9 Å². The molecule has 0 bridgehead atoms. The molecule has 4 rings (SSSR count). The zero-order valence-corrected chi connectivity index (χ0v) is 17.0. The maximum absolute atomic E-state index is 13.2. The van der Waals surface area contributed by atoms with Crippen LogP contribution in [0.25, 0.3) is 11.3 Å². The van der Waals surface area contributed by atoms with Gasteiger partial charge in [0, 0.05) is 42.9 Å². The predicted octanol–water partition coefficient (Wildman–Crippen LogP) is 3.08. The summed E-state index contributed by atoms with van der Waals surface area (Å²) in [5.74, 6) is -0.214. The summed E-state index contributed by atoms with van der Waals surface area (Å²) < 4.78 is 41.2. The third-order valence-electron chi connectivity index (χ3n) is 4.58. The summed E-state index contributed by atoms with van der Waals surface area (Å²) in [6.07, 6.45) is 2.66. The van der Waals surface area contributed by atoms with Gasteiger partial charge < -0.3 is 5.32 Å². The lowest BCUT2D eigenvalue weighted by molar-refractivity contribution is 0.490. The molecule has 1 aliphatic heterocycles. The molecule has 29 heavy (non-hydrogen) atoms. The van der Waals surface area contributed by atoms with E-state index in [4.69, 9.17) is 9.65 Å². The first-order valence-electron chi connectivity index (χ1n) is 9.33. The molecule has 0 unspecified atom stereocenters. The second kappa shape index (κ2) is 9.30. The van der Waals surface area contributed by atoms with Crippen LogP contribution in [-0.2, 0) is 36.0 Å². The first-order chi connectivity index (χ1) is 13.8. The van der Waals surface area contributed by atoms with E-state index in [1.54, 1.807) is 0 Å². The van der Waals surface area contributed by atoms with Gasteiger partial charge in [-0.3, -0.25) is 9.23 Å². The maximum atomic E-state index is 13.2. The first kappa shape index (κ1) is 21.2. The molecule has 6 nitrogen and oxygen atoms in total. The van der Waals surface area contributed by atoms with Crippen LogP contribution in [-0.4, -0.2) is 35.6 Å². The van der Waals surface area contributed by atoms with Gasteiger partial charge in [-0.25, -0.2) is 4.39 Å². The monoisotopic (exact) mass is 417 g/mol. The van der Waals surface area contributed by atoms with E-state index >= 15 is 0 Å². The van der Waals surface area contributed by atoms with Gasteiger partial charge in [-0.1, -0.05) is 30.3 Å². The minimum atomic E-state index is -3.67. The van der Waals surface area contributed by atoms with Gasteiger partial charge >= 0.3 is 0 Å². The molecule has 0 atom stereocenters. The molecule has 0 radical (unpaired) electrons. The average molecular weight is 418 g/mol. The zero-order chi connectivity index (χ0) is 20.9. The summed E-state index contributed by atoms with van der Waals surface area (Å²) in [7, 11) is -3.67. The predicted molar refractivity (Wildman–Crippen MR) is 111 cm³/mol.